The van der Waals surface area contributed by atoms with Crippen LogP contribution >= 0.6 is 0 Å². The summed E-state index contributed by atoms with van der Waals surface area (Å²) < 4.78 is 5.02. The molecule has 1 aromatic carbocycles. The molecule has 0 aliphatic carbocycles. The molecule has 8 nitrogen and oxygen atoms in total. The molecule has 166 valence electrons. The minimum absolute atomic E-state index is 0.113. The summed E-state index contributed by atoms with van der Waals surface area (Å²) in [5.74, 6) is 0.134. The highest BCUT2D eigenvalue weighted by Crippen LogP contribution is 2.11. The second kappa shape index (κ2) is 11.4. The summed E-state index contributed by atoms with van der Waals surface area (Å²) in [7, 11) is 0. The highest BCUT2D eigenvalue weighted by Gasteiger charge is 2.30. The molecular formula is C22H34N4O4. The number of hydrogen-bond donors (Lipinski definition) is 2. The predicted octanol–water partition coefficient (Wildman–Crippen LogP) is 2.51. The molecular weight excluding hydrogens is 384 g/mol. The summed E-state index contributed by atoms with van der Waals surface area (Å²) in [6.45, 7) is 10.3. The minimum atomic E-state index is -0.600. The van der Waals surface area contributed by atoms with Gasteiger partial charge in [-0.05, 0) is 31.7 Å². The number of carbonyl (C=O) groups is 3. The molecule has 1 fully saturated rings. The fraction of sp³-hybridized carbons (Fsp3) is 0.591. The molecule has 1 aliphatic heterocycles. The van der Waals surface area contributed by atoms with E-state index in [-0.39, 0.29) is 23.9 Å². The normalized spacial score (nSPS) is 15.0. The number of hydrogen-bond acceptors (Lipinski definition) is 4. The van der Waals surface area contributed by atoms with Gasteiger partial charge in [-0.15, -0.1) is 0 Å². The van der Waals surface area contributed by atoms with E-state index in [1.54, 1.807) is 16.7 Å². The molecule has 2 rings (SSSR count). The maximum absolute atomic E-state index is 13.0. The smallest absolute Gasteiger partial charge is 0.409 e. The Balaban J connectivity index is 1.89. The van der Waals surface area contributed by atoms with Crippen molar-refractivity contribution >= 4 is 18.0 Å². The van der Waals surface area contributed by atoms with Gasteiger partial charge in [0.15, 0.2) is 0 Å². The molecule has 1 aliphatic rings. The standard InChI is InChI=1S/C22H34N4O4/c1-5-30-22(29)26-12-10-25(11-13-26)20(27)19(14-16(2)3)24-21(28)23-15-18-8-6-17(4)7-9-18/h6-9,16,19H,5,10-15H2,1-4H3,(H2,23,24,28). The Labute approximate surface area is 178 Å². The van der Waals surface area contributed by atoms with E-state index in [0.717, 1.165) is 11.1 Å². The molecule has 4 amide bonds. The highest BCUT2D eigenvalue weighted by atomic mass is 16.6. The van der Waals surface area contributed by atoms with Gasteiger partial charge in [-0.2, -0.15) is 0 Å². The van der Waals surface area contributed by atoms with Crippen LogP contribution in [0.25, 0.3) is 0 Å². The molecule has 1 unspecified atom stereocenters. The lowest BCUT2D eigenvalue weighted by Crippen LogP contribution is -2.57. The van der Waals surface area contributed by atoms with Crippen LogP contribution in [0.3, 0.4) is 0 Å². The van der Waals surface area contributed by atoms with Crippen LogP contribution in [0, 0.1) is 12.8 Å². The molecule has 1 atom stereocenters. The third-order valence-corrected chi connectivity index (χ3v) is 5.00. The third kappa shape index (κ3) is 7.24. The first kappa shape index (κ1) is 23.5. The number of carbonyl (C=O) groups excluding carboxylic acids is 3. The Morgan fingerprint density at radius 3 is 2.20 bits per heavy atom. The number of piperazine rings is 1. The number of aryl methyl sites for hydroxylation is 1. The molecule has 0 aromatic heterocycles. The molecule has 0 bridgehead atoms. The number of urea groups is 1. The first-order valence-electron chi connectivity index (χ1n) is 10.6. The Hall–Kier alpha value is -2.77. The Morgan fingerprint density at radius 1 is 1.03 bits per heavy atom. The lowest BCUT2D eigenvalue weighted by atomic mass is 10.0. The van der Waals surface area contributed by atoms with Crippen molar-refractivity contribution < 1.29 is 19.1 Å². The van der Waals surface area contributed by atoms with Crippen LogP contribution < -0.4 is 10.6 Å². The van der Waals surface area contributed by atoms with Gasteiger partial charge in [0.2, 0.25) is 5.91 Å². The SMILES string of the molecule is CCOC(=O)N1CCN(C(=O)C(CC(C)C)NC(=O)NCc2ccc(C)cc2)CC1. The van der Waals surface area contributed by atoms with E-state index in [1.165, 1.54) is 0 Å². The summed E-state index contributed by atoms with van der Waals surface area (Å²) in [5, 5.41) is 5.66. The summed E-state index contributed by atoms with van der Waals surface area (Å²) in [6.07, 6.45) is 0.200. The number of nitrogens with zero attached hydrogens (tertiary/aromatic N) is 2. The predicted molar refractivity (Wildman–Crippen MR) is 115 cm³/mol. The summed E-state index contributed by atoms with van der Waals surface area (Å²) in [6, 6.07) is 6.97. The van der Waals surface area contributed by atoms with Crippen LogP contribution in [0.2, 0.25) is 0 Å². The van der Waals surface area contributed by atoms with E-state index in [0.29, 0.717) is 45.8 Å². The van der Waals surface area contributed by atoms with Gasteiger partial charge < -0.3 is 25.2 Å². The maximum Gasteiger partial charge on any atom is 0.409 e. The molecule has 0 saturated carbocycles. The van der Waals surface area contributed by atoms with Crippen molar-refractivity contribution in [3.8, 4) is 0 Å². The zero-order valence-corrected chi connectivity index (χ0v) is 18.4. The molecule has 1 saturated heterocycles. The second-order valence-electron chi connectivity index (χ2n) is 8.01. The van der Waals surface area contributed by atoms with Gasteiger partial charge in [0.25, 0.3) is 0 Å². The van der Waals surface area contributed by atoms with Crippen molar-refractivity contribution in [3.63, 3.8) is 0 Å². The average molecular weight is 419 g/mol. The maximum atomic E-state index is 13.0. The molecule has 30 heavy (non-hydrogen) atoms. The first-order chi connectivity index (χ1) is 14.3. The van der Waals surface area contributed by atoms with Gasteiger partial charge in [0, 0.05) is 32.7 Å². The van der Waals surface area contributed by atoms with Crippen molar-refractivity contribution in [1.82, 2.24) is 20.4 Å². The van der Waals surface area contributed by atoms with Crippen LogP contribution in [0.15, 0.2) is 24.3 Å². The van der Waals surface area contributed by atoms with Crippen molar-refractivity contribution in [1.29, 1.82) is 0 Å². The van der Waals surface area contributed by atoms with Crippen molar-refractivity contribution in [2.24, 2.45) is 5.92 Å². The van der Waals surface area contributed by atoms with Crippen molar-refractivity contribution in [2.75, 3.05) is 32.8 Å². The van der Waals surface area contributed by atoms with Crippen molar-refractivity contribution in [3.05, 3.63) is 35.4 Å². The van der Waals surface area contributed by atoms with Crippen LogP contribution in [0.5, 0.6) is 0 Å². The molecule has 1 aromatic rings. The highest BCUT2D eigenvalue weighted by molar-refractivity contribution is 5.87. The molecule has 0 spiro atoms. The summed E-state index contributed by atoms with van der Waals surface area (Å²) in [5.41, 5.74) is 2.16. The number of rotatable bonds is 7. The zero-order valence-electron chi connectivity index (χ0n) is 18.4. The minimum Gasteiger partial charge on any atom is -0.450 e. The van der Waals surface area contributed by atoms with E-state index in [9.17, 15) is 14.4 Å². The van der Waals surface area contributed by atoms with E-state index in [1.807, 2.05) is 45.0 Å². The van der Waals surface area contributed by atoms with E-state index >= 15 is 0 Å². The average Bonchev–Trinajstić information content (AvgIpc) is 2.72. The van der Waals surface area contributed by atoms with Crippen LogP contribution in [0.1, 0.15) is 38.3 Å². The fourth-order valence-electron chi connectivity index (χ4n) is 3.33. The topological polar surface area (TPSA) is 91.0 Å². The summed E-state index contributed by atoms with van der Waals surface area (Å²) >= 11 is 0. The first-order valence-corrected chi connectivity index (χ1v) is 10.6. The number of nitrogens with one attached hydrogen (secondary N) is 2. The molecule has 8 heteroatoms. The Kier molecular flexibility index (Phi) is 8.95. The van der Waals surface area contributed by atoms with Crippen LogP contribution in [-0.4, -0.2) is 66.7 Å². The van der Waals surface area contributed by atoms with E-state index < -0.39 is 6.04 Å². The lowest BCUT2D eigenvalue weighted by Gasteiger charge is -2.36. The zero-order chi connectivity index (χ0) is 22.1. The molecule has 2 N–H and O–H groups in total. The Bertz CT molecular complexity index is 712. The van der Waals surface area contributed by atoms with E-state index in [4.69, 9.17) is 4.74 Å². The Morgan fingerprint density at radius 2 is 1.63 bits per heavy atom. The van der Waals surface area contributed by atoms with Gasteiger partial charge >= 0.3 is 12.1 Å². The quantitative estimate of drug-likeness (QED) is 0.712. The lowest BCUT2D eigenvalue weighted by molar-refractivity contribution is -0.135. The number of amides is 4. The van der Waals surface area contributed by atoms with Gasteiger partial charge in [0.05, 0.1) is 6.61 Å². The molecule has 0 radical (unpaired) electrons. The largest absolute Gasteiger partial charge is 0.450 e. The third-order valence-electron chi connectivity index (χ3n) is 5.00. The van der Waals surface area contributed by atoms with Crippen LogP contribution in [0.4, 0.5) is 9.59 Å². The summed E-state index contributed by atoms with van der Waals surface area (Å²) in [4.78, 5) is 40.6. The van der Waals surface area contributed by atoms with Crippen molar-refractivity contribution in [2.45, 2.75) is 46.7 Å². The van der Waals surface area contributed by atoms with E-state index in [2.05, 4.69) is 10.6 Å². The number of ether oxygens (including phenoxy) is 1. The monoisotopic (exact) mass is 418 g/mol. The molecule has 1 heterocycles. The van der Waals surface area contributed by atoms with Gasteiger partial charge in [-0.1, -0.05) is 43.7 Å². The van der Waals surface area contributed by atoms with Crippen LogP contribution in [-0.2, 0) is 16.1 Å². The second-order valence-corrected chi connectivity index (χ2v) is 8.01. The van der Waals surface area contributed by atoms with Gasteiger partial charge in [0.1, 0.15) is 6.04 Å². The van der Waals surface area contributed by atoms with Gasteiger partial charge in [-0.3, -0.25) is 4.79 Å². The van der Waals surface area contributed by atoms with Gasteiger partial charge in [-0.25, -0.2) is 9.59 Å². The number of benzene rings is 1. The fourth-order valence-corrected chi connectivity index (χ4v) is 3.33.